The Bertz CT molecular complexity index is 296. The van der Waals surface area contributed by atoms with E-state index in [1.165, 1.54) is 25.9 Å². The third-order valence-corrected chi connectivity index (χ3v) is 4.92. The molecule has 0 radical (unpaired) electrons. The molecule has 27 heavy (non-hydrogen) atoms. The molecule has 4 heteroatoms. The highest BCUT2D eigenvalue weighted by Gasteiger charge is 2.23. The van der Waals surface area contributed by atoms with E-state index in [2.05, 4.69) is 24.2 Å². The minimum absolute atomic E-state index is 0.285. The normalized spacial score (nSPS) is 22.0. The second kappa shape index (κ2) is 23.1. The first-order valence-corrected chi connectivity index (χ1v) is 11.4. The number of ketones is 1. The Balaban J connectivity index is -0.000000353. The van der Waals surface area contributed by atoms with Crippen LogP contribution in [0.15, 0.2) is 0 Å². The quantitative estimate of drug-likeness (QED) is 0.644. The highest BCUT2D eigenvalue weighted by molar-refractivity contribution is 5.78. The molecule has 0 bridgehead atoms. The largest absolute Gasteiger partial charge is 0.358 e. The lowest BCUT2D eigenvalue weighted by Gasteiger charge is -2.26. The Hall–Kier alpha value is -0.900. The molecule has 1 heterocycles. The second-order valence-electron chi connectivity index (χ2n) is 6.84. The van der Waals surface area contributed by atoms with Gasteiger partial charge in [-0.2, -0.15) is 0 Å². The lowest BCUT2D eigenvalue weighted by Crippen LogP contribution is -2.28. The molecule has 2 fully saturated rings. The average molecular weight is 387 g/mol. The zero-order chi connectivity index (χ0) is 21.7. The summed E-state index contributed by atoms with van der Waals surface area (Å²) in [5.74, 6) is 2.17. The number of nitrogens with zero attached hydrogens (tertiary/aromatic N) is 1. The monoisotopic (exact) mass is 386 g/mol. The van der Waals surface area contributed by atoms with Crippen LogP contribution >= 0.6 is 0 Å². The molecule has 164 valence electrons. The summed E-state index contributed by atoms with van der Waals surface area (Å²) in [5.41, 5.74) is 0. The van der Waals surface area contributed by atoms with Gasteiger partial charge in [0, 0.05) is 12.5 Å². The van der Waals surface area contributed by atoms with Gasteiger partial charge in [0.15, 0.2) is 0 Å². The van der Waals surface area contributed by atoms with Crippen molar-refractivity contribution in [3.05, 3.63) is 0 Å². The van der Waals surface area contributed by atoms with Gasteiger partial charge in [-0.25, -0.2) is 0 Å². The van der Waals surface area contributed by atoms with Crippen molar-refractivity contribution >= 4 is 12.2 Å². The molecule has 0 aromatic heterocycles. The highest BCUT2D eigenvalue weighted by atomic mass is 16.1. The molecule has 1 N–H and O–H groups in total. The van der Waals surface area contributed by atoms with Gasteiger partial charge in [-0.05, 0) is 77.4 Å². The number of likely N-dealkylation sites (tertiary alicyclic amines) is 1. The van der Waals surface area contributed by atoms with Gasteiger partial charge in [0.25, 0.3) is 0 Å². The maximum atomic E-state index is 11.0. The van der Waals surface area contributed by atoms with Crippen molar-refractivity contribution in [3.8, 4) is 0 Å². The van der Waals surface area contributed by atoms with Gasteiger partial charge in [-0.3, -0.25) is 9.59 Å². The number of nitrogens with one attached hydrogen (secondary N) is 1. The number of hydrogen-bond donors (Lipinski definition) is 1. The van der Waals surface area contributed by atoms with Crippen LogP contribution in [0.5, 0.6) is 0 Å². The van der Waals surface area contributed by atoms with Crippen molar-refractivity contribution in [3.63, 3.8) is 0 Å². The zero-order valence-electron chi connectivity index (χ0n) is 19.9. The standard InChI is InChI=1S/C10H17NO2.C7H15N.3C2H6/c1-8(13)10-4-2-9(3-5-10)6-11-7-12;1-7-3-5-8(2)6-4-7;3*1-2/h7,9-10H,2-6H2,1H3,(H,11,12);7H,3-6H2,1-2H3;3*1-2H3. The molecule has 1 aliphatic heterocycles. The third-order valence-electron chi connectivity index (χ3n) is 4.92. The van der Waals surface area contributed by atoms with Crippen molar-refractivity contribution in [1.82, 2.24) is 10.2 Å². The zero-order valence-corrected chi connectivity index (χ0v) is 19.9. The van der Waals surface area contributed by atoms with E-state index in [-0.39, 0.29) is 5.92 Å². The minimum Gasteiger partial charge on any atom is -0.358 e. The molecule has 1 amide bonds. The van der Waals surface area contributed by atoms with Crippen LogP contribution in [-0.2, 0) is 9.59 Å². The molecular formula is C23H50N2O2. The molecule has 0 unspecified atom stereocenters. The van der Waals surface area contributed by atoms with Crippen molar-refractivity contribution in [2.75, 3.05) is 26.7 Å². The molecule has 1 saturated carbocycles. The fourth-order valence-corrected chi connectivity index (χ4v) is 3.13. The van der Waals surface area contributed by atoms with Crippen molar-refractivity contribution in [2.24, 2.45) is 17.8 Å². The molecule has 1 saturated heterocycles. The molecule has 0 aromatic carbocycles. The fraction of sp³-hybridized carbons (Fsp3) is 0.913. The van der Waals surface area contributed by atoms with E-state index < -0.39 is 0 Å². The van der Waals surface area contributed by atoms with Crippen molar-refractivity contribution in [1.29, 1.82) is 0 Å². The highest BCUT2D eigenvalue weighted by Crippen LogP contribution is 2.28. The number of rotatable bonds is 4. The fourth-order valence-electron chi connectivity index (χ4n) is 3.13. The van der Waals surface area contributed by atoms with E-state index in [4.69, 9.17) is 0 Å². The van der Waals surface area contributed by atoms with E-state index in [0.717, 1.165) is 44.6 Å². The van der Waals surface area contributed by atoms with E-state index in [9.17, 15) is 9.59 Å². The van der Waals surface area contributed by atoms with E-state index in [1.54, 1.807) is 6.92 Å². The number of amides is 1. The van der Waals surface area contributed by atoms with Crippen LogP contribution in [0.4, 0.5) is 0 Å². The Morgan fingerprint density at radius 3 is 1.70 bits per heavy atom. The van der Waals surface area contributed by atoms with Gasteiger partial charge in [0.2, 0.25) is 6.41 Å². The summed E-state index contributed by atoms with van der Waals surface area (Å²) in [5, 5.41) is 2.70. The predicted octanol–water partition coefficient (Wildman–Crippen LogP) is 5.55. The SMILES string of the molecule is CC.CC.CC.CC(=O)C1CCC(CNC=O)CC1.CC1CCN(C)CC1. The number of hydrogen-bond acceptors (Lipinski definition) is 3. The van der Waals surface area contributed by atoms with E-state index in [0.29, 0.717) is 11.7 Å². The second-order valence-corrected chi connectivity index (χ2v) is 6.84. The van der Waals surface area contributed by atoms with Crippen LogP contribution in [0.25, 0.3) is 0 Å². The molecule has 1 aliphatic carbocycles. The number of piperidine rings is 1. The topological polar surface area (TPSA) is 49.4 Å². The Morgan fingerprint density at radius 1 is 0.926 bits per heavy atom. The molecule has 0 atom stereocenters. The van der Waals surface area contributed by atoms with Crippen LogP contribution < -0.4 is 5.32 Å². The summed E-state index contributed by atoms with van der Waals surface area (Å²) in [7, 11) is 2.20. The molecule has 0 aromatic rings. The first-order valence-electron chi connectivity index (χ1n) is 11.4. The molecule has 2 rings (SSSR count). The Labute approximate surface area is 170 Å². The predicted molar refractivity (Wildman–Crippen MR) is 120 cm³/mol. The van der Waals surface area contributed by atoms with E-state index >= 15 is 0 Å². The maximum absolute atomic E-state index is 11.0. The smallest absolute Gasteiger partial charge is 0.207 e. The van der Waals surface area contributed by atoms with Crippen LogP contribution in [0.1, 0.15) is 93.9 Å². The lowest BCUT2D eigenvalue weighted by atomic mass is 9.80. The molecular weight excluding hydrogens is 336 g/mol. The molecule has 2 aliphatic rings. The Morgan fingerprint density at radius 2 is 1.37 bits per heavy atom. The van der Waals surface area contributed by atoms with Crippen LogP contribution in [0.2, 0.25) is 0 Å². The molecule has 0 spiro atoms. The summed E-state index contributed by atoms with van der Waals surface area (Å²) in [4.78, 5) is 23.5. The molecule has 4 nitrogen and oxygen atoms in total. The summed E-state index contributed by atoms with van der Waals surface area (Å²) >= 11 is 0. The first-order chi connectivity index (χ1) is 13.0. The number of carbonyl (C=O) groups excluding carboxylic acids is 2. The van der Waals surface area contributed by atoms with Gasteiger partial charge < -0.3 is 10.2 Å². The number of carbonyl (C=O) groups is 2. The van der Waals surface area contributed by atoms with Gasteiger partial charge in [0.05, 0.1) is 0 Å². The Kier molecular flexibility index (Phi) is 26.4. The van der Waals surface area contributed by atoms with Crippen LogP contribution in [-0.4, -0.2) is 43.8 Å². The average Bonchev–Trinajstić information content (AvgIpc) is 2.74. The van der Waals surface area contributed by atoms with E-state index in [1.807, 2.05) is 41.5 Å². The summed E-state index contributed by atoms with van der Waals surface area (Å²) in [6, 6.07) is 0. The maximum Gasteiger partial charge on any atom is 0.207 e. The van der Waals surface area contributed by atoms with Crippen molar-refractivity contribution in [2.45, 2.75) is 93.9 Å². The van der Waals surface area contributed by atoms with Crippen LogP contribution in [0.3, 0.4) is 0 Å². The summed E-state index contributed by atoms with van der Waals surface area (Å²) in [6.07, 6.45) is 7.70. The third kappa shape index (κ3) is 18.2. The number of Topliss-reactive ketones (excluding diaryl/α,β-unsaturated/α-hetero) is 1. The summed E-state index contributed by atoms with van der Waals surface area (Å²) in [6.45, 7) is 19.4. The van der Waals surface area contributed by atoms with Gasteiger partial charge in [-0.1, -0.05) is 48.5 Å². The van der Waals surface area contributed by atoms with Crippen molar-refractivity contribution < 1.29 is 9.59 Å². The lowest BCUT2D eigenvalue weighted by molar-refractivity contribution is -0.122. The first kappa shape index (κ1) is 30.8. The van der Waals surface area contributed by atoms with Gasteiger partial charge in [-0.15, -0.1) is 0 Å². The van der Waals surface area contributed by atoms with Gasteiger partial charge >= 0.3 is 0 Å². The minimum atomic E-state index is 0.285. The van der Waals surface area contributed by atoms with Gasteiger partial charge in [0.1, 0.15) is 5.78 Å². The summed E-state index contributed by atoms with van der Waals surface area (Å²) < 4.78 is 0. The van der Waals surface area contributed by atoms with Crippen LogP contribution in [0, 0.1) is 17.8 Å².